The van der Waals surface area contributed by atoms with E-state index in [1.807, 2.05) is 6.07 Å². The third kappa shape index (κ3) is 6.56. The lowest BCUT2D eigenvalue weighted by Gasteiger charge is -2.36. The van der Waals surface area contributed by atoms with Crippen molar-refractivity contribution in [3.05, 3.63) is 12.4 Å². The average Bonchev–Trinajstić information content (AvgIpc) is 2.77. The van der Waals surface area contributed by atoms with Gasteiger partial charge < -0.3 is 15.1 Å². The molecule has 0 radical (unpaired) electrons. The second-order valence-corrected chi connectivity index (χ2v) is 8.36. The molecule has 3 rings (SSSR count). The van der Waals surface area contributed by atoms with E-state index < -0.39 is 0 Å². The Balaban J connectivity index is 1.43. The monoisotopic (exact) mass is 402 g/mol. The van der Waals surface area contributed by atoms with E-state index in [1.54, 1.807) is 6.33 Å². The topological polar surface area (TPSA) is 64.6 Å². The first-order valence-corrected chi connectivity index (χ1v) is 11.5. The maximum atomic E-state index is 12.7. The number of unbranched alkanes of at least 4 members (excludes halogenated alkanes) is 1. The van der Waals surface area contributed by atoms with E-state index >= 15 is 0 Å². The fourth-order valence-corrected chi connectivity index (χ4v) is 4.39. The molecule has 1 aromatic rings. The van der Waals surface area contributed by atoms with Gasteiger partial charge >= 0.3 is 0 Å². The Morgan fingerprint density at radius 2 is 2.00 bits per heavy atom. The molecule has 3 heterocycles. The fraction of sp³-hybridized carbons (Fsp3) is 0.773. The highest BCUT2D eigenvalue weighted by molar-refractivity contribution is 5.76. The van der Waals surface area contributed by atoms with E-state index in [1.165, 1.54) is 25.8 Å². The lowest BCUT2D eigenvalue weighted by atomic mass is 9.93. The Kier molecular flexibility index (Phi) is 8.52. The largest absolute Gasteiger partial charge is 0.370 e. The van der Waals surface area contributed by atoms with Gasteiger partial charge in [0, 0.05) is 58.3 Å². The first kappa shape index (κ1) is 21.8. The lowest BCUT2D eigenvalue weighted by Crippen LogP contribution is -2.49. The summed E-state index contributed by atoms with van der Waals surface area (Å²) in [5.41, 5.74) is 0. The van der Waals surface area contributed by atoms with Crippen molar-refractivity contribution in [2.75, 3.05) is 62.6 Å². The van der Waals surface area contributed by atoms with Crippen LogP contribution in [0, 0.1) is 5.92 Å². The number of piperidine rings is 1. The molecule has 0 aromatic carbocycles. The molecule has 2 fully saturated rings. The zero-order chi connectivity index (χ0) is 20.5. The van der Waals surface area contributed by atoms with Crippen molar-refractivity contribution in [1.29, 1.82) is 0 Å². The molecule has 0 spiro atoms. The van der Waals surface area contributed by atoms with Gasteiger partial charge in [0.25, 0.3) is 0 Å². The molecule has 29 heavy (non-hydrogen) atoms. The van der Waals surface area contributed by atoms with Crippen LogP contribution >= 0.6 is 0 Å². The van der Waals surface area contributed by atoms with Crippen LogP contribution in [0.2, 0.25) is 0 Å². The van der Waals surface area contributed by atoms with Gasteiger partial charge in [0.2, 0.25) is 5.91 Å². The van der Waals surface area contributed by atoms with Crippen LogP contribution in [-0.4, -0.2) is 78.0 Å². The summed E-state index contributed by atoms with van der Waals surface area (Å²) in [7, 11) is 0. The third-order valence-electron chi connectivity index (χ3n) is 6.17. The Hall–Kier alpha value is -1.89. The van der Waals surface area contributed by atoms with Crippen molar-refractivity contribution in [2.24, 2.45) is 5.92 Å². The highest BCUT2D eigenvalue weighted by Crippen LogP contribution is 2.26. The van der Waals surface area contributed by atoms with Gasteiger partial charge in [-0.05, 0) is 45.1 Å². The molecule has 7 heteroatoms. The van der Waals surface area contributed by atoms with E-state index in [0.29, 0.717) is 18.2 Å². The summed E-state index contributed by atoms with van der Waals surface area (Å²) in [6.45, 7) is 12.2. The predicted octanol–water partition coefficient (Wildman–Crippen LogP) is 2.85. The number of piperazine rings is 1. The van der Waals surface area contributed by atoms with Crippen LogP contribution in [0.3, 0.4) is 0 Å². The first-order valence-electron chi connectivity index (χ1n) is 11.5. The third-order valence-corrected chi connectivity index (χ3v) is 6.17. The maximum Gasteiger partial charge on any atom is 0.222 e. The molecular weight excluding hydrogens is 364 g/mol. The van der Waals surface area contributed by atoms with Gasteiger partial charge in [-0.3, -0.25) is 9.69 Å². The summed E-state index contributed by atoms with van der Waals surface area (Å²) in [5, 5.41) is 3.26. The highest BCUT2D eigenvalue weighted by atomic mass is 16.2. The minimum absolute atomic E-state index is 0.341. The van der Waals surface area contributed by atoms with E-state index in [-0.39, 0.29) is 0 Å². The Morgan fingerprint density at radius 3 is 2.76 bits per heavy atom. The molecule has 2 aliphatic rings. The fourth-order valence-electron chi connectivity index (χ4n) is 4.39. The van der Waals surface area contributed by atoms with Gasteiger partial charge in [-0.25, -0.2) is 9.97 Å². The Morgan fingerprint density at radius 1 is 1.17 bits per heavy atom. The van der Waals surface area contributed by atoms with E-state index in [0.717, 1.165) is 70.3 Å². The molecule has 0 unspecified atom stereocenters. The van der Waals surface area contributed by atoms with Crippen LogP contribution in [0.1, 0.15) is 52.4 Å². The van der Waals surface area contributed by atoms with Crippen LogP contribution in [-0.2, 0) is 4.79 Å². The smallest absolute Gasteiger partial charge is 0.222 e. The van der Waals surface area contributed by atoms with Crippen molar-refractivity contribution < 1.29 is 4.79 Å². The summed E-state index contributed by atoms with van der Waals surface area (Å²) < 4.78 is 0. The van der Waals surface area contributed by atoms with Gasteiger partial charge in [0.15, 0.2) is 0 Å². The van der Waals surface area contributed by atoms with E-state index in [4.69, 9.17) is 0 Å². The van der Waals surface area contributed by atoms with Crippen molar-refractivity contribution in [3.63, 3.8) is 0 Å². The summed E-state index contributed by atoms with van der Waals surface area (Å²) >= 11 is 0. The number of amides is 1. The Bertz CT molecular complexity index is 631. The van der Waals surface area contributed by atoms with Crippen LogP contribution in [0.4, 0.5) is 11.6 Å². The molecule has 0 saturated carbocycles. The van der Waals surface area contributed by atoms with Gasteiger partial charge in [-0.2, -0.15) is 0 Å². The summed E-state index contributed by atoms with van der Waals surface area (Å²) in [5.74, 6) is 2.79. The molecule has 0 bridgehead atoms. The number of carbonyl (C=O) groups excluding carboxylic acids is 1. The van der Waals surface area contributed by atoms with Gasteiger partial charge in [0.05, 0.1) is 0 Å². The molecule has 1 aromatic heterocycles. The van der Waals surface area contributed by atoms with Crippen molar-refractivity contribution in [1.82, 2.24) is 19.8 Å². The standard InChI is InChI=1S/C22H38N6O/c1-3-5-10-26-12-14-27(15-13-26)22(29)9-8-19-7-6-11-28(17-19)21-16-20(23-4-2)24-18-25-21/h16,18-19H,3-15,17H2,1-2H3,(H,23,24,25)/t19-/m0/s1. The number of carbonyl (C=O) groups is 1. The van der Waals surface area contributed by atoms with Crippen molar-refractivity contribution in [3.8, 4) is 0 Å². The molecule has 2 saturated heterocycles. The minimum Gasteiger partial charge on any atom is -0.370 e. The quantitative estimate of drug-likeness (QED) is 0.685. The highest BCUT2D eigenvalue weighted by Gasteiger charge is 2.24. The van der Waals surface area contributed by atoms with Gasteiger partial charge in [-0.15, -0.1) is 0 Å². The minimum atomic E-state index is 0.341. The molecule has 1 N–H and O–H groups in total. The molecular formula is C22H38N6O. The van der Waals surface area contributed by atoms with Gasteiger partial charge in [-0.1, -0.05) is 13.3 Å². The van der Waals surface area contributed by atoms with Crippen molar-refractivity contribution in [2.45, 2.75) is 52.4 Å². The predicted molar refractivity (Wildman–Crippen MR) is 118 cm³/mol. The number of anilines is 2. The molecule has 0 aliphatic carbocycles. The Labute approximate surface area is 175 Å². The molecule has 1 amide bonds. The maximum absolute atomic E-state index is 12.7. The second kappa shape index (κ2) is 11.3. The zero-order valence-electron chi connectivity index (χ0n) is 18.3. The van der Waals surface area contributed by atoms with Gasteiger partial charge in [0.1, 0.15) is 18.0 Å². The summed E-state index contributed by atoms with van der Waals surface area (Å²) in [4.78, 5) is 28.4. The number of hydrogen-bond donors (Lipinski definition) is 1. The molecule has 162 valence electrons. The number of hydrogen-bond acceptors (Lipinski definition) is 6. The van der Waals surface area contributed by atoms with Crippen LogP contribution in [0.15, 0.2) is 12.4 Å². The number of rotatable bonds is 9. The normalized spacial score (nSPS) is 20.7. The molecule has 2 aliphatic heterocycles. The van der Waals surface area contributed by atoms with E-state index in [9.17, 15) is 4.79 Å². The second-order valence-electron chi connectivity index (χ2n) is 8.36. The summed E-state index contributed by atoms with van der Waals surface area (Å²) in [6, 6.07) is 2.04. The summed E-state index contributed by atoms with van der Waals surface area (Å²) in [6.07, 6.45) is 8.17. The van der Waals surface area contributed by atoms with Crippen molar-refractivity contribution >= 4 is 17.5 Å². The lowest BCUT2D eigenvalue weighted by molar-refractivity contribution is -0.133. The van der Waals surface area contributed by atoms with Crippen LogP contribution in [0.5, 0.6) is 0 Å². The zero-order valence-corrected chi connectivity index (χ0v) is 18.3. The SMILES string of the molecule is CCCCN1CCN(C(=O)CC[C@@H]2CCCN(c3cc(NCC)ncn3)C2)CC1. The number of nitrogens with zero attached hydrogens (tertiary/aromatic N) is 5. The van der Waals surface area contributed by atoms with Crippen LogP contribution < -0.4 is 10.2 Å². The molecule has 7 nitrogen and oxygen atoms in total. The average molecular weight is 403 g/mol. The van der Waals surface area contributed by atoms with Crippen LogP contribution in [0.25, 0.3) is 0 Å². The number of aromatic nitrogens is 2. The van der Waals surface area contributed by atoms with E-state index in [2.05, 4.69) is 43.8 Å². The molecule has 1 atom stereocenters. The first-order chi connectivity index (χ1) is 14.2. The number of nitrogens with one attached hydrogen (secondary N) is 1.